The Balaban J connectivity index is 3.67. The summed E-state index contributed by atoms with van der Waals surface area (Å²) in [6.07, 6.45) is 5.11. The Hall–Kier alpha value is -0.340. The van der Waals surface area contributed by atoms with Crippen LogP contribution in [0.5, 0.6) is 0 Å². The molecule has 84 valence electrons. The molecule has 0 rings (SSSR count). The van der Waals surface area contributed by atoms with E-state index in [-0.39, 0.29) is 12.2 Å². The minimum atomic E-state index is -0.00571. The molecule has 0 amide bonds. The van der Waals surface area contributed by atoms with Crippen molar-refractivity contribution in [1.29, 1.82) is 0 Å². The molecule has 0 bridgehead atoms. The largest absolute Gasteiger partial charge is 0.392 e. The van der Waals surface area contributed by atoms with Crippen LogP contribution in [0.2, 0.25) is 0 Å². The summed E-state index contributed by atoms with van der Waals surface area (Å²) < 4.78 is 5.60. The molecule has 14 heavy (non-hydrogen) atoms. The molecule has 0 aromatic carbocycles. The second-order valence-corrected chi connectivity index (χ2v) is 4.28. The van der Waals surface area contributed by atoms with Gasteiger partial charge in [0.25, 0.3) is 0 Å². The quantitative estimate of drug-likeness (QED) is 0.640. The molecule has 2 heteroatoms. The first kappa shape index (κ1) is 13.7. The number of ether oxygens (including phenoxy) is 1. The molecule has 0 aliphatic carbocycles. The lowest BCUT2D eigenvalue weighted by atomic mass is 9.99. The van der Waals surface area contributed by atoms with Crippen LogP contribution in [-0.2, 0) is 4.74 Å². The predicted molar refractivity (Wildman–Crippen MR) is 60.4 cm³/mol. The number of hydrogen-bond donors (Lipinski definition) is 1. The van der Waals surface area contributed by atoms with Crippen LogP contribution in [-0.4, -0.2) is 23.9 Å². The zero-order chi connectivity index (χ0) is 11.0. The number of allylic oxidation sites excluding steroid dienone is 1. The van der Waals surface area contributed by atoms with E-state index in [0.717, 1.165) is 25.9 Å². The van der Waals surface area contributed by atoms with Crippen LogP contribution in [0.1, 0.15) is 47.0 Å². The summed E-state index contributed by atoms with van der Waals surface area (Å²) in [6.45, 7) is 9.27. The number of aliphatic hydroxyl groups excluding tert-OH is 1. The average molecular weight is 200 g/mol. The summed E-state index contributed by atoms with van der Waals surface area (Å²) in [7, 11) is 0. The van der Waals surface area contributed by atoms with E-state index in [0.29, 0.717) is 0 Å². The number of aliphatic hydroxyl groups is 1. The maximum absolute atomic E-state index is 8.68. The molecule has 0 fully saturated rings. The Labute approximate surface area is 88.0 Å². The van der Waals surface area contributed by atoms with Gasteiger partial charge in [-0.1, -0.05) is 11.6 Å². The van der Waals surface area contributed by atoms with Crippen LogP contribution in [0.4, 0.5) is 0 Å². The molecular formula is C12H24O2. The Morgan fingerprint density at radius 1 is 1.43 bits per heavy atom. The first-order valence-electron chi connectivity index (χ1n) is 5.42. The summed E-state index contributed by atoms with van der Waals surface area (Å²) in [5.41, 5.74) is 1.26. The van der Waals surface area contributed by atoms with Gasteiger partial charge in [-0.2, -0.15) is 0 Å². The molecule has 0 atom stereocenters. The smallest absolute Gasteiger partial charge is 0.0626 e. The van der Waals surface area contributed by atoms with Crippen LogP contribution in [0.15, 0.2) is 11.6 Å². The van der Waals surface area contributed by atoms with E-state index < -0.39 is 0 Å². The van der Waals surface area contributed by atoms with Crippen molar-refractivity contribution in [2.24, 2.45) is 0 Å². The minimum Gasteiger partial charge on any atom is -0.392 e. The maximum atomic E-state index is 8.68. The zero-order valence-electron chi connectivity index (χ0n) is 9.97. The van der Waals surface area contributed by atoms with Crippen LogP contribution in [0, 0.1) is 0 Å². The van der Waals surface area contributed by atoms with Gasteiger partial charge in [0.2, 0.25) is 0 Å². The SMILES string of the molecule is CCOC(C)(C)CCC/C(C)=C/CO. The topological polar surface area (TPSA) is 29.5 Å². The minimum absolute atomic E-state index is 0.00571. The fraction of sp³-hybridized carbons (Fsp3) is 0.833. The molecule has 0 aliphatic heterocycles. The molecule has 0 aliphatic rings. The molecule has 1 N–H and O–H groups in total. The van der Waals surface area contributed by atoms with Gasteiger partial charge in [0, 0.05) is 6.61 Å². The van der Waals surface area contributed by atoms with Gasteiger partial charge >= 0.3 is 0 Å². The van der Waals surface area contributed by atoms with Gasteiger partial charge in [-0.15, -0.1) is 0 Å². The van der Waals surface area contributed by atoms with Crippen molar-refractivity contribution in [3.05, 3.63) is 11.6 Å². The predicted octanol–water partition coefficient (Wildman–Crippen LogP) is 2.91. The number of hydrogen-bond acceptors (Lipinski definition) is 2. The maximum Gasteiger partial charge on any atom is 0.0626 e. The molecular weight excluding hydrogens is 176 g/mol. The molecule has 0 aromatic rings. The van der Waals surface area contributed by atoms with Gasteiger partial charge in [-0.3, -0.25) is 0 Å². The third-order valence-corrected chi connectivity index (χ3v) is 2.32. The van der Waals surface area contributed by atoms with Gasteiger partial charge in [0.1, 0.15) is 0 Å². The summed E-state index contributed by atoms with van der Waals surface area (Å²) in [5.74, 6) is 0. The lowest BCUT2D eigenvalue weighted by Crippen LogP contribution is -2.24. The van der Waals surface area contributed by atoms with Crippen LogP contribution >= 0.6 is 0 Å². The highest BCUT2D eigenvalue weighted by Gasteiger charge is 2.16. The van der Waals surface area contributed by atoms with Crippen molar-refractivity contribution in [3.63, 3.8) is 0 Å². The summed E-state index contributed by atoms with van der Waals surface area (Å²) in [4.78, 5) is 0. The molecule has 0 saturated heterocycles. The standard InChI is InChI=1S/C12H24O2/c1-5-14-12(3,4)9-6-7-11(2)8-10-13/h8,13H,5-7,9-10H2,1-4H3/b11-8+. The second kappa shape index (κ2) is 7.02. The van der Waals surface area contributed by atoms with E-state index in [2.05, 4.69) is 20.8 Å². The fourth-order valence-corrected chi connectivity index (χ4v) is 1.51. The summed E-state index contributed by atoms with van der Waals surface area (Å²) in [5, 5.41) is 8.68. The van der Waals surface area contributed by atoms with Crippen LogP contribution < -0.4 is 0 Å². The molecule has 0 spiro atoms. The van der Waals surface area contributed by atoms with E-state index in [1.807, 2.05) is 13.0 Å². The third kappa shape index (κ3) is 7.10. The number of rotatable bonds is 7. The Kier molecular flexibility index (Phi) is 6.85. The van der Waals surface area contributed by atoms with Gasteiger partial charge in [0.15, 0.2) is 0 Å². The van der Waals surface area contributed by atoms with E-state index in [9.17, 15) is 0 Å². The molecule has 2 nitrogen and oxygen atoms in total. The fourth-order valence-electron chi connectivity index (χ4n) is 1.51. The van der Waals surface area contributed by atoms with Crippen molar-refractivity contribution in [2.75, 3.05) is 13.2 Å². The highest BCUT2D eigenvalue weighted by atomic mass is 16.5. The van der Waals surface area contributed by atoms with Crippen LogP contribution in [0.3, 0.4) is 0 Å². The van der Waals surface area contributed by atoms with Crippen LogP contribution in [0.25, 0.3) is 0 Å². The van der Waals surface area contributed by atoms with Gasteiger partial charge < -0.3 is 9.84 Å². The molecule has 0 unspecified atom stereocenters. The zero-order valence-corrected chi connectivity index (χ0v) is 9.97. The Bertz CT molecular complexity index is 171. The van der Waals surface area contributed by atoms with Crippen molar-refractivity contribution < 1.29 is 9.84 Å². The summed E-state index contributed by atoms with van der Waals surface area (Å²) >= 11 is 0. The highest BCUT2D eigenvalue weighted by molar-refractivity contribution is 4.97. The van der Waals surface area contributed by atoms with E-state index in [4.69, 9.17) is 9.84 Å². The molecule has 0 radical (unpaired) electrons. The van der Waals surface area contributed by atoms with Crippen molar-refractivity contribution >= 4 is 0 Å². The van der Waals surface area contributed by atoms with Gasteiger partial charge in [-0.25, -0.2) is 0 Å². The average Bonchev–Trinajstić information content (AvgIpc) is 2.03. The molecule has 0 heterocycles. The normalized spacial score (nSPS) is 13.4. The Morgan fingerprint density at radius 2 is 2.07 bits per heavy atom. The van der Waals surface area contributed by atoms with E-state index in [1.54, 1.807) is 0 Å². The Morgan fingerprint density at radius 3 is 2.57 bits per heavy atom. The first-order valence-corrected chi connectivity index (χ1v) is 5.42. The molecule has 0 aromatic heterocycles. The third-order valence-electron chi connectivity index (χ3n) is 2.32. The van der Waals surface area contributed by atoms with E-state index in [1.165, 1.54) is 5.57 Å². The lowest BCUT2D eigenvalue weighted by molar-refractivity contribution is -0.0173. The van der Waals surface area contributed by atoms with Crippen molar-refractivity contribution in [3.8, 4) is 0 Å². The van der Waals surface area contributed by atoms with E-state index >= 15 is 0 Å². The summed E-state index contributed by atoms with van der Waals surface area (Å²) in [6, 6.07) is 0. The monoisotopic (exact) mass is 200 g/mol. The van der Waals surface area contributed by atoms with Crippen molar-refractivity contribution in [2.45, 2.75) is 52.6 Å². The molecule has 0 saturated carbocycles. The van der Waals surface area contributed by atoms with Gasteiger partial charge in [-0.05, 0) is 47.0 Å². The highest BCUT2D eigenvalue weighted by Crippen LogP contribution is 2.19. The first-order chi connectivity index (χ1) is 6.52. The lowest BCUT2D eigenvalue weighted by Gasteiger charge is -2.24. The second-order valence-electron chi connectivity index (χ2n) is 4.28. The van der Waals surface area contributed by atoms with Gasteiger partial charge in [0.05, 0.1) is 12.2 Å². The van der Waals surface area contributed by atoms with Crippen molar-refractivity contribution in [1.82, 2.24) is 0 Å².